The molecule has 0 atom stereocenters. The number of H-pyrrole nitrogens is 1. The number of anilines is 1. The van der Waals surface area contributed by atoms with Crippen LogP contribution >= 0.6 is 0 Å². The molecule has 1 heterocycles. The number of pyridine rings is 1. The summed E-state index contributed by atoms with van der Waals surface area (Å²) in [6.45, 7) is 0. The van der Waals surface area contributed by atoms with E-state index in [2.05, 4.69) is 0 Å². The smallest absolute Gasteiger partial charge is 0.342 e. The van der Waals surface area contributed by atoms with Gasteiger partial charge in [0.15, 0.2) is 9.84 Å². The van der Waals surface area contributed by atoms with Gasteiger partial charge in [-0.3, -0.25) is 14.9 Å². The molecule has 0 bridgehead atoms. The van der Waals surface area contributed by atoms with Gasteiger partial charge in [0, 0.05) is 17.9 Å². The number of carboxylic acids is 2. The molecule has 2 rings (SSSR count). The van der Waals surface area contributed by atoms with Crippen molar-refractivity contribution in [3.8, 4) is 11.1 Å². The maximum absolute atomic E-state index is 12.0. The second kappa shape index (κ2) is 6.53. The fourth-order valence-corrected chi connectivity index (χ4v) is 3.06. The molecule has 0 spiro atoms. The van der Waals surface area contributed by atoms with Crippen molar-refractivity contribution in [2.45, 2.75) is 4.90 Å². The number of sulfone groups is 1. The molecule has 2 aromatic rings. The van der Waals surface area contributed by atoms with Gasteiger partial charge in [-0.1, -0.05) is 0 Å². The summed E-state index contributed by atoms with van der Waals surface area (Å²) in [6.07, 6.45) is 0.794. The average Bonchev–Trinajstić information content (AvgIpc) is 2.51. The van der Waals surface area contributed by atoms with Crippen LogP contribution in [0.2, 0.25) is 0 Å². The van der Waals surface area contributed by atoms with Crippen LogP contribution in [0.3, 0.4) is 0 Å². The van der Waals surface area contributed by atoms with Gasteiger partial charge in [-0.25, -0.2) is 18.0 Å². The number of carboxylic acid groups (broad SMARTS) is 2. The first-order chi connectivity index (χ1) is 12.4. The average molecular weight is 397 g/mol. The standard InChI is InChI=1S/C14H11N3O9S/c1-27(25,26)5-2-3-6(7(4-5)17(23)24)8-9(13(19)20)11(15)16-12(18)10(8)14(21)22/h2-4H,1H3,(H,19,20)(H,21,22)(H3,15,16,18). The van der Waals surface area contributed by atoms with Gasteiger partial charge in [0.05, 0.1) is 15.4 Å². The summed E-state index contributed by atoms with van der Waals surface area (Å²) in [5.74, 6) is -4.31. The third-order valence-electron chi connectivity index (χ3n) is 3.54. The minimum absolute atomic E-state index is 0.454. The van der Waals surface area contributed by atoms with Crippen LogP contribution < -0.4 is 11.3 Å². The van der Waals surface area contributed by atoms with Crippen LogP contribution in [0.4, 0.5) is 11.5 Å². The van der Waals surface area contributed by atoms with Crippen molar-refractivity contribution in [1.82, 2.24) is 4.98 Å². The Labute approximate surface area is 149 Å². The molecular weight excluding hydrogens is 386 g/mol. The van der Waals surface area contributed by atoms with E-state index in [1.807, 2.05) is 4.98 Å². The molecule has 0 unspecified atom stereocenters. The molecule has 0 aliphatic carbocycles. The number of nitro groups is 1. The van der Waals surface area contributed by atoms with Gasteiger partial charge in [0.25, 0.3) is 11.2 Å². The van der Waals surface area contributed by atoms with Gasteiger partial charge in [0.2, 0.25) is 0 Å². The number of aromatic carboxylic acids is 2. The fraction of sp³-hybridized carbons (Fsp3) is 0.0714. The van der Waals surface area contributed by atoms with E-state index in [9.17, 15) is 43.1 Å². The number of nitrogens with one attached hydrogen (secondary N) is 1. The van der Waals surface area contributed by atoms with E-state index in [-0.39, 0.29) is 0 Å². The van der Waals surface area contributed by atoms with Gasteiger partial charge in [-0.2, -0.15) is 0 Å². The Bertz CT molecular complexity index is 1170. The van der Waals surface area contributed by atoms with Crippen molar-refractivity contribution in [2.24, 2.45) is 0 Å². The molecule has 1 aromatic heterocycles. The number of rotatable bonds is 5. The van der Waals surface area contributed by atoms with Gasteiger partial charge < -0.3 is 20.9 Å². The molecule has 13 heteroatoms. The van der Waals surface area contributed by atoms with Crippen LogP contribution in [0.5, 0.6) is 0 Å². The Morgan fingerprint density at radius 3 is 2.19 bits per heavy atom. The van der Waals surface area contributed by atoms with Gasteiger partial charge in [0.1, 0.15) is 16.9 Å². The Balaban J connectivity index is 3.10. The van der Waals surface area contributed by atoms with E-state index in [1.54, 1.807) is 0 Å². The first kappa shape index (κ1) is 19.6. The van der Waals surface area contributed by atoms with Gasteiger partial charge >= 0.3 is 11.9 Å². The highest BCUT2D eigenvalue weighted by Crippen LogP contribution is 2.36. The van der Waals surface area contributed by atoms with E-state index in [0.717, 1.165) is 18.4 Å². The molecule has 12 nitrogen and oxygen atoms in total. The zero-order valence-electron chi connectivity index (χ0n) is 13.4. The van der Waals surface area contributed by atoms with Gasteiger partial charge in [-0.05, 0) is 12.1 Å². The van der Waals surface area contributed by atoms with E-state index < -0.39 is 70.9 Å². The van der Waals surface area contributed by atoms with Crippen molar-refractivity contribution in [1.29, 1.82) is 0 Å². The first-order valence-electron chi connectivity index (χ1n) is 6.87. The van der Waals surface area contributed by atoms with Crippen LogP contribution in [-0.2, 0) is 9.84 Å². The number of nitro benzene ring substituents is 1. The fourth-order valence-electron chi connectivity index (χ4n) is 2.42. The number of nitrogens with zero attached hydrogens (tertiary/aromatic N) is 1. The van der Waals surface area contributed by atoms with E-state index in [4.69, 9.17) is 5.73 Å². The van der Waals surface area contributed by atoms with Crippen LogP contribution in [-0.4, -0.2) is 46.7 Å². The third kappa shape index (κ3) is 3.48. The van der Waals surface area contributed by atoms with Crippen LogP contribution in [0.25, 0.3) is 11.1 Å². The lowest BCUT2D eigenvalue weighted by Crippen LogP contribution is -2.24. The van der Waals surface area contributed by atoms with Crippen LogP contribution in [0.1, 0.15) is 20.7 Å². The zero-order chi connectivity index (χ0) is 20.7. The summed E-state index contributed by atoms with van der Waals surface area (Å²) in [7, 11) is -3.86. The van der Waals surface area contributed by atoms with Crippen LogP contribution in [0, 0.1) is 10.1 Å². The largest absolute Gasteiger partial charge is 0.478 e. The van der Waals surface area contributed by atoms with Gasteiger partial charge in [-0.15, -0.1) is 0 Å². The SMILES string of the molecule is CS(=O)(=O)c1ccc(-c2c(C(=O)O)c(N)[nH]c(=O)c2C(=O)O)c([N+](=O)[O-])c1. The molecule has 0 amide bonds. The monoisotopic (exact) mass is 397 g/mol. The molecular formula is C14H11N3O9S. The van der Waals surface area contributed by atoms with E-state index in [1.165, 1.54) is 0 Å². The Kier molecular flexibility index (Phi) is 4.73. The maximum atomic E-state index is 12.0. The molecule has 5 N–H and O–H groups in total. The molecule has 142 valence electrons. The summed E-state index contributed by atoms with van der Waals surface area (Å²) < 4.78 is 23.3. The molecule has 0 fully saturated rings. The number of nitrogens with two attached hydrogens (primary N) is 1. The number of nitrogen functional groups attached to an aromatic ring is 1. The number of hydrogen-bond donors (Lipinski definition) is 4. The van der Waals surface area contributed by atoms with E-state index >= 15 is 0 Å². The topological polar surface area (TPSA) is 211 Å². The summed E-state index contributed by atoms with van der Waals surface area (Å²) in [5, 5.41) is 30.1. The van der Waals surface area contributed by atoms with E-state index in [0.29, 0.717) is 6.07 Å². The molecule has 0 saturated carbocycles. The van der Waals surface area contributed by atoms with Crippen LogP contribution in [0.15, 0.2) is 27.9 Å². The lowest BCUT2D eigenvalue weighted by Gasteiger charge is -2.13. The van der Waals surface area contributed by atoms with Crippen molar-refractivity contribution in [3.63, 3.8) is 0 Å². The molecule has 0 aliphatic heterocycles. The number of carbonyl (C=O) groups is 2. The highest BCUT2D eigenvalue weighted by atomic mass is 32.2. The second-order valence-electron chi connectivity index (χ2n) is 5.31. The number of aromatic nitrogens is 1. The number of hydrogen-bond acceptors (Lipinski definition) is 8. The van der Waals surface area contributed by atoms with Crippen molar-refractivity contribution in [2.75, 3.05) is 12.0 Å². The second-order valence-corrected chi connectivity index (χ2v) is 7.33. The zero-order valence-corrected chi connectivity index (χ0v) is 14.2. The molecule has 0 saturated heterocycles. The minimum Gasteiger partial charge on any atom is -0.478 e. The quantitative estimate of drug-likeness (QED) is 0.401. The summed E-state index contributed by atoms with van der Waals surface area (Å²) in [6, 6.07) is 2.41. The number of aromatic amines is 1. The maximum Gasteiger partial charge on any atom is 0.342 e. The molecule has 27 heavy (non-hydrogen) atoms. The molecule has 0 aliphatic rings. The lowest BCUT2D eigenvalue weighted by molar-refractivity contribution is -0.384. The summed E-state index contributed by atoms with van der Waals surface area (Å²) >= 11 is 0. The number of benzene rings is 1. The highest BCUT2D eigenvalue weighted by molar-refractivity contribution is 7.90. The third-order valence-corrected chi connectivity index (χ3v) is 4.65. The molecule has 0 radical (unpaired) electrons. The van der Waals surface area contributed by atoms with Crippen molar-refractivity contribution >= 4 is 33.3 Å². The minimum atomic E-state index is -3.86. The Hall–Kier alpha value is -3.74. The Morgan fingerprint density at radius 2 is 1.74 bits per heavy atom. The predicted octanol–water partition coefficient (Wildman–Crippen LogP) is 0.332. The molecule has 1 aromatic carbocycles. The Morgan fingerprint density at radius 1 is 1.19 bits per heavy atom. The highest BCUT2D eigenvalue weighted by Gasteiger charge is 2.31. The normalized spacial score (nSPS) is 11.1. The first-order valence-corrected chi connectivity index (χ1v) is 8.76. The summed E-state index contributed by atoms with van der Waals surface area (Å²) in [4.78, 5) is 46.8. The lowest BCUT2D eigenvalue weighted by atomic mass is 9.94. The van der Waals surface area contributed by atoms with Crippen molar-refractivity contribution in [3.05, 3.63) is 49.8 Å². The predicted molar refractivity (Wildman–Crippen MR) is 90.6 cm³/mol. The summed E-state index contributed by atoms with van der Waals surface area (Å²) in [5.41, 5.74) is -0.0713. The van der Waals surface area contributed by atoms with Crippen molar-refractivity contribution < 1.29 is 33.1 Å².